The van der Waals surface area contributed by atoms with E-state index in [1.165, 1.54) is 6.07 Å². The van der Waals surface area contributed by atoms with Crippen LogP contribution in [0.15, 0.2) is 22.7 Å². The van der Waals surface area contributed by atoms with E-state index < -0.39 is 0 Å². The second-order valence-electron chi connectivity index (χ2n) is 5.31. The lowest BCUT2D eigenvalue weighted by atomic mass is 10.1. The Morgan fingerprint density at radius 3 is 2.65 bits per heavy atom. The molecule has 0 radical (unpaired) electrons. The maximum absolute atomic E-state index is 13.8. The van der Waals surface area contributed by atoms with Crippen LogP contribution >= 0.6 is 15.9 Å². The monoisotopic (exact) mass is 342 g/mol. The predicted molar refractivity (Wildman–Crippen MR) is 80.9 cm³/mol. The zero-order chi connectivity index (χ0) is 14.7. The van der Waals surface area contributed by atoms with E-state index in [1.807, 2.05) is 18.7 Å². The maximum Gasteiger partial charge on any atom is 0.239 e. The molecule has 1 fully saturated rings. The average molecular weight is 343 g/mol. The summed E-state index contributed by atoms with van der Waals surface area (Å²) in [4.78, 5) is 14.1. The fourth-order valence-corrected chi connectivity index (χ4v) is 2.97. The fraction of sp³-hybridized carbons (Fsp3) is 0.533. The molecule has 1 heterocycles. The topological polar surface area (TPSA) is 32.3 Å². The Labute approximate surface area is 127 Å². The van der Waals surface area contributed by atoms with Crippen LogP contribution in [0.4, 0.5) is 4.39 Å². The minimum atomic E-state index is -0.304. The summed E-state index contributed by atoms with van der Waals surface area (Å²) in [5, 5.41) is 3.19. The van der Waals surface area contributed by atoms with Gasteiger partial charge in [0.15, 0.2) is 0 Å². The molecular formula is C15H20BrFN2O. The molecule has 0 bridgehead atoms. The lowest BCUT2D eigenvalue weighted by Gasteiger charge is -2.24. The highest BCUT2D eigenvalue weighted by Crippen LogP contribution is 2.22. The predicted octanol–water partition coefficient (Wildman–Crippen LogP) is 3.25. The van der Waals surface area contributed by atoms with Gasteiger partial charge in [-0.3, -0.25) is 10.1 Å². The minimum absolute atomic E-state index is 0.102. The average Bonchev–Trinajstić information content (AvgIpc) is 2.94. The van der Waals surface area contributed by atoms with Gasteiger partial charge in [-0.25, -0.2) is 4.39 Å². The van der Waals surface area contributed by atoms with Gasteiger partial charge in [-0.15, -0.1) is 0 Å². The molecular weight excluding hydrogens is 323 g/mol. The smallest absolute Gasteiger partial charge is 0.239 e. The molecule has 5 heteroatoms. The highest BCUT2D eigenvalue weighted by molar-refractivity contribution is 9.10. The minimum Gasteiger partial charge on any atom is -0.341 e. The first kappa shape index (κ1) is 15.4. The first-order valence-electron chi connectivity index (χ1n) is 6.99. The van der Waals surface area contributed by atoms with Gasteiger partial charge in [0.2, 0.25) is 5.91 Å². The van der Waals surface area contributed by atoms with E-state index in [4.69, 9.17) is 0 Å². The zero-order valence-electron chi connectivity index (χ0n) is 11.8. The Morgan fingerprint density at radius 2 is 2.00 bits per heavy atom. The Morgan fingerprint density at radius 1 is 1.35 bits per heavy atom. The molecule has 110 valence electrons. The zero-order valence-corrected chi connectivity index (χ0v) is 13.4. The Bertz CT molecular complexity index is 489. The lowest BCUT2D eigenvalue weighted by molar-refractivity contribution is -0.132. The van der Waals surface area contributed by atoms with Gasteiger partial charge in [-0.1, -0.05) is 15.9 Å². The number of nitrogens with one attached hydrogen (secondary N) is 1. The maximum atomic E-state index is 13.8. The van der Waals surface area contributed by atoms with Crippen molar-refractivity contribution in [3.05, 3.63) is 34.1 Å². The van der Waals surface area contributed by atoms with Crippen molar-refractivity contribution >= 4 is 21.8 Å². The molecule has 3 nitrogen and oxygen atoms in total. The molecule has 1 aromatic rings. The van der Waals surface area contributed by atoms with E-state index in [9.17, 15) is 9.18 Å². The van der Waals surface area contributed by atoms with Gasteiger partial charge in [-0.05, 0) is 44.9 Å². The summed E-state index contributed by atoms with van der Waals surface area (Å²) >= 11 is 3.34. The summed E-state index contributed by atoms with van der Waals surface area (Å²) in [6.45, 7) is 5.39. The van der Waals surface area contributed by atoms with Gasteiger partial charge in [0.25, 0.3) is 0 Å². The largest absolute Gasteiger partial charge is 0.341 e. The molecule has 2 rings (SSSR count). The quantitative estimate of drug-likeness (QED) is 0.910. The molecule has 1 aromatic carbocycles. The molecule has 1 amide bonds. The van der Waals surface area contributed by atoms with Crippen molar-refractivity contribution in [3.8, 4) is 0 Å². The van der Waals surface area contributed by atoms with Crippen LogP contribution in [0, 0.1) is 5.82 Å². The van der Waals surface area contributed by atoms with Crippen molar-refractivity contribution in [1.29, 1.82) is 0 Å². The summed E-state index contributed by atoms with van der Waals surface area (Å²) in [6, 6.07) is 4.34. The van der Waals surface area contributed by atoms with E-state index in [-0.39, 0.29) is 23.8 Å². The van der Waals surface area contributed by atoms with Gasteiger partial charge in [0.05, 0.1) is 6.04 Å². The Balaban J connectivity index is 2.01. The SMILES string of the molecule is CC(NC(C)c1cc(Br)ccc1F)C(=O)N1CCCC1. The molecule has 0 saturated carbocycles. The van der Waals surface area contributed by atoms with E-state index in [0.717, 1.165) is 30.4 Å². The van der Waals surface area contributed by atoms with E-state index in [2.05, 4.69) is 21.2 Å². The molecule has 0 aliphatic carbocycles. The van der Waals surface area contributed by atoms with Crippen LogP contribution < -0.4 is 5.32 Å². The third-order valence-corrected chi connectivity index (χ3v) is 4.21. The summed E-state index contributed by atoms with van der Waals surface area (Å²) in [6.07, 6.45) is 2.16. The second kappa shape index (κ2) is 6.68. The summed E-state index contributed by atoms with van der Waals surface area (Å²) in [7, 11) is 0. The fourth-order valence-electron chi connectivity index (χ4n) is 2.59. The standard InChI is InChI=1S/C15H20BrFN2O/c1-10(13-9-12(16)5-6-14(13)17)18-11(2)15(20)19-7-3-4-8-19/h5-6,9-11,18H,3-4,7-8H2,1-2H3. The van der Waals surface area contributed by atoms with Crippen molar-refractivity contribution in [2.75, 3.05) is 13.1 Å². The molecule has 2 unspecified atom stereocenters. The first-order chi connectivity index (χ1) is 9.49. The number of benzene rings is 1. The first-order valence-corrected chi connectivity index (χ1v) is 7.78. The summed E-state index contributed by atoms with van der Waals surface area (Å²) < 4.78 is 14.7. The number of carbonyl (C=O) groups is 1. The normalized spacial score (nSPS) is 18.1. The van der Waals surface area contributed by atoms with Crippen molar-refractivity contribution in [1.82, 2.24) is 10.2 Å². The molecule has 0 aromatic heterocycles. The number of amides is 1. The number of likely N-dealkylation sites (tertiary alicyclic amines) is 1. The Kier molecular flexibility index (Phi) is 5.16. The molecule has 1 saturated heterocycles. The number of halogens is 2. The van der Waals surface area contributed by atoms with Crippen molar-refractivity contribution < 1.29 is 9.18 Å². The number of hydrogen-bond acceptors (Lipinski definition) is 2. The van der Waals surface area contributed by atoms with Gasteiger partial charge >= 0.3 is 0 Å². The molecule has 1 aliphatic heterocycles. The van der Waals surface area contributed by atoms with Crippen LogP contribution in [0.3, 0.4) is 0 Å². The van der Waals surface area contributed by atoms with E-state index in [0.29, 0.717) is 5.56 Å². The van der Waals surface area contributed by atoms with E-state index in [1.54, 1.807) is 12.1 Å². The number of carbonyl (C=O) groups excluding carboxylic acids is 1. The summed E-state index contributed by atoms with van der Waals surface area (Å²) in [5.74, 6) is -0.154. The van der Waals surface area contributed by atoms with Crippen LogP contribution in [0.25, 0.3) is 0 Å². The third kappa shape index (κ3) is 3.58. The highest BCUT2D eigenvalue weighted by atomic mass is 79.9. The van der Waals surface area contributed by atoms with Gasteiger partial charge in [-0.2, -0.15) is 0 Å². The lowest BCUT2D eigenvalue weighted by Crippen LogP contribution is -2.44. The molecule has 2 atom stereocenters. The number of hydrogen-bond donors (Lipinski definition) is 1. The Hall–Kier alpha value is -0.940. The summed E-state index contributed by atoms with van der Waals surface area (Å²) in [5.41, 5.74) is 0.570. The number of nitrogens with zero attached hydrogens (tertiary/aromatic N) is 1. The van der Waals surface area contributed by atoms with Crippen LogP contribution in [0.5, 0.6) is 0 Å². The van der Waals surface area contributed by atoms with Crippen LogP contribution in [-0.4, -0.2) is 29.9 Å². The molecule has 1 N–H and O–H groups in total. The number of rotatable bonds is 4. The van der Waals surface area contributed by atoms with Gasteiger partial charge in [0.1, 0.15) is 5.82 Å². The molecule has 0 spiro atoms. The molecule has 1 aliphatic rings. The molecule has 20 heavy (non-hydrogen) atoms. The van der Waals surface area contributed by atoms with E-state index >= 15 is 0 Å². The third-order valence-electron chi connectivity index (χ3n) is 3.71. The van der Waals surface area contributed by atoms with Crippen LogP contribution in [0.1, 0.15) is 38.3 Å². The van der Waals surface area contributed by atoms with Crippen LogP contribution in [0.2, 0.25) is 0 Å². The highest BCUT2D eigenvalue weighted by Gasteiger charge is 2.25. The second-order valence-corrected chi connectivity index (χ2v) is 6.22. The van der Waals surface area contributed by atoms with Crippen LogP contribution in [-0.2, 0) is 4.79 Å². The van der Waals surface area contributed by atoms with Crippen molar-refractivity contribution in [2.45, 2.75) is 38.8 Å². The van der Waals surface area contributed by atoms with Crippen molar-refractivity contribution in [2.24, 2.45) is 0 Å². The van der Waals surface area contributed by atoms with Gasteiger partial charge in [0, 0.05) is 29.2 Å². The van der Waals surface area contributed by atoms with Gasteiger partial charge < -0.3 is 4.90 Å². The van der Waals surface area contributed by atoms with Crippen molar-refractivity contribution in [3.63, 3.8) is 0 Å².